The number of nitro benzene ring substituents is 1. The van der Waals surface area contributed by atoms with E-state index in [1.165, 1.54) is 6.92 Å². The Bertz CT molecular complexity index is 557. The van der Waals surface area contributed by atoms with Gasteiger partial charge in [0.25, 0.3) is 5.69 Å². The molecule has 0 radical (unpaired) electrons. The van der Waals surface area contributed by atoms with Crippen LogP contribution >= 0.6 is 0 Å². The van der Waals surface area contributed by atoms with Gasteiger partial charge in [0.1, 0.15) is 5.82 Å². The van der Waals surface area contributed by atoms with E-state index in [-0.39, 0.29) is 11.3 Å². The number of sulfone groups is 1. The molecule has 0 heterocycles. The summed E-state index contributed by atoms with van der Waals surface area (Å²) in [7, 11) is -3.51. The summed E-state index contributed by atoms with van der Waals surface area (Å²) in [6.07, 6.45) is 0. The van der Waals surface area contributed by atoms with Crippen molar-refractivity contribution in [3.63, 3.8) is 0 Å². The Labute approximate surface area is 104 Å². The number of hydrogen-bond donors (Lipinski definition) is 1. The summed E-state index contributed by atoms with van der Waals surface area (Å²) in [5.41, 5.74) is 4.95. The highest BCUT2D eigenvalue weighted by Crippen LogP contribution is 2.18. The average molecular weight is 276 g/mol. The number of benzene rings is 1. The first kappa shape index (κ1) is 14.5. The molecular weight excluding hydrogens is 263 g/mol. The van der Waals surface area contributed by atoms with Crippen LogP contribution in [0.5, 0.6) is 0 Å². The predicted molar refractivity (Wildman–Crippen MR) is 64.2 cm³/mol. The third-order valence-corrected chi connectivity index (χ3v) is 3.86. The van der Waals surface area contributed by atoms with Crippen molar-refractivity contribution < 1.29 is 17.7 Å². The van der Waals surface area contributed by atoms with Gasteiger partial charge in [0.2, 0.25) is 0 Å². The van der Waals surface area contributed by atoms with Crippen LogP contribution in [0.25, 0.3) is 0 Å². The van der Waals surface area contributed by atoms with E-state index in [4.69, 9.17) is 5.73 Å². The lowest BCUT2D eigenvalue weighted by atomic mass is 10.2. The van der Waals surface area contributed by atoms with E-state index >= 15 is 0 Å². The van der Waals surface area contributed by atoms with E-state index < -0.39 is 38.1 Å². The van der Waals surface area contributed by atoms with Crippen molar-refractivity contribution in [1.82, 2.24) is 0 Å². The van der Waals surface area contributed by atoms with E-state index in [9.17, 15) is 22.9 Å². The summed E-state index contributed by atoms with van der Waals surface area (Å²) in [6, 6.07) is 2.20. The lowest BCUT2D eigenvalue weighted by Gasteiger charge is -2.07. The minimum Gasteiger partial charge on any atom is -0.327 e. The van der Waals surface area contributed by atoms with Crippen LogP contribution in [-0.2, 0) is 15.6 Å². The maximum Gasteiger partial charge on any atom is 0.272 e. The van der Waals surface area contributed by atoms with Crippen LogP contribution in [0, 0.1) is 15.9 Å². The van der Waals surface area contributed by atoms with Gasteiger partial charge in [-0.3, -0.25) is 10.1 Å². The Morgan fingerprint density at radius 1 is 1.44 bits per heavy atom. The molecule has 0 fully saturated rings. The number of nitrogens with two attached hydrogens (primary N) is 1. The number of rotatable bonds is 5. The fraction of sp³-hybridized carbons (Fsp3) is 0.400. The van der Waals surface area contributed by atoms with E-state index in [1.807, 2.05) is 0 Å². The summed E-state index contributed by atoms with van der Waals surface area (Å²) in [4.78, 5) is 9.75. The average Bonchev–Trinajstić information content (AvgIpc) is 2.12. The van der Waals surface area contributed by atoms with Crippen molar-refractivity contribution in [2.24, 2.45) is 5.73 Å². The molecule has 8 heteroatoms. The van der Waals surface area contributed by atoms with Gasteiger partial charge in [-0.25, -0.2) is 12.8 Å². The third kappa shape index (κ3) is 4.38. The van der Waals surface area contributed by atoms with Crippen LogP contribution in [0.2, 0.25) is 0 Å². The molecule has 0 aliphatic rings. The van der Waals surface area contributed by atoms with Crippen molar-refractivity contribution >= 4 is 15.5 Å². The number of halogens is 1. The molecule has 18 heavy (non-hydrogen) atoms. The normalized spacial score (nSPS) is 13.3. The van der Waals surface area contributed by atoms with Gasteiger partial charge in [-0.05, 0) is 18.6 Å². The topological polar surface area (TPSA) is 103 Å². The Morgan fingerprint density at radius 2 is 2.06 bits per heavy atom. The minimum absolute atomic E-state index is 0.0438. The first-order chi connectivity index (χ1) is 8.19. The highest BCUT2D eigenvalue weighted by molar-refractivity contribution is 7.90. The lowest BCUT2D eigenvalue weighted by molar-refractivity contribution is -0.385. The molecule has 1 aromatic carbocycles. The zero-order chi connectivity index (χ0) is 13.9. The van der Waals surface area contributed by atoms with Crippen LogP contribution < -0.4 is 5.73 Å². The van der Waals surface area contributed by atoms with Gasteiger partial charge in [0, 0.05) is 12.1 Å². The number of nitrogens with zero attached hydrogens (tertiary/aromatic N) is 1. The lowest BCUT2D eigenvalue weighted by Crippen LogP contribution is -2.27. The monoisotopic (exact) mass is 276 g/mol. The van der Waals surface area contributed by atoms with Crippen molar-refractivity contribution in [2.75, 3.05) is 5.75 Å². The van der Waals surface area contributed by atoms with Crippen molar-refractivity contribution in [3.05, 3.63) is 39.7 Å². The Kier molecular flexibility index (Phi) is 4.36. The van der Waals surface area contributed by atoms with Crippen molar-refractivity contribution in [2.45, 2.75) is 18.7 Å². The van der Waals surface area contributed by atoms with Gasteiger partial charge in [0.15, 0.2) is 9.84 Å². The number of nitro groups is 1. The fourth-order valence-corrected chi connectivity index (χ4v) is 3.13. The van der Waals surface area contributed by atoms with E-state index in [1.54, 1.807) is 0 Å². The van der Waals surface area contributed by atoms with Crippen LogP contribution in [0.1, 0.15) is 12.5 Å². The Morgan fingerprint density at radius 3 is 2.56 bits per heavy atom. The molecular formula is C10H13FN2O4S. The van der Waals surface area contributed by atoms with Gasteiger partial charge in [0.05, 0.1) is 22.5 Å². The molecule has 0 aromatic heterocycles. The molecule has 100 valence electrons. The quantitative estimate of drug-likeness (QED) is 0.638. The fourth-order valence-electron chi connectivity index (χ4n) is 1.54. The molecule has 0 aliphatic heterocycles. The summed E-state index contributed by atoms with van der Waals surface area (Å²) in [6.45, 7) is 1.53. The van der Waals surface area contributed by atoms with Crippen molar-refractivity contribution in [3.8, 4) is 0 Å². The number of hydrogen-bond acceptors (Lipinski definition) is 5. The molecule has 1 aromatic rings. The minimum atomic E-state index is -3.51. The first-order valence-corrected chi connectivity index (χ1v) is 6.91. The van der Waals surface area contributed by atoms with E-state index in [2.05, 4.69) is 0 Å². The molecule has 0 amide bonds. The van der Waals surface area contributed by atoms with Crippen LogP contribution in [-0.4, -0.2) is 25.1 Å². The molecule has 1 rings (SSSR count). The molecule has 1 atom stereocenters. The summed E-state index contributed by atoms with van der Waals surface area (Å²) in [5, 5.41) is 10.5. The second-order valence-electron chi connectivity index (χ2n) is 4.11. The van der Waals surface area contributed by atoms with Crippen molar-refractivity contribution in [1.29, 1.82) is 0 Å². The summed E-state index contributed by atoms with van der Waals surface area (Å²) >= 11 is 0. The molecule has 0 saturated carbocycles. The van der Waals surface area contributed by atoms with Gasteiger partial charge in [-0.2, -0.15) is 0 Å². The van der Waals surface area contributed by atoms with E-state index in [0.717, 1.165) is 18.2 Å². The van der Waals surface area contributed by atoms with Crippen LogP contribution in [0.4, 0.5) is 10.1 Å². The maximum absolute atomic E-state index is 13.1. The maximum atomic E-state index is 13.1. The molecule has 0 saturated heterocycles. The zero-order valence-corrected chi connectivity index (χ0v) is 10.5. The number of non-ortho nitro benzene ring substituents is 1. The standard InChI is InChI=1S/C10H13FN2O4S/c1-7(12)5-18(16,17)6-8-2-9(11)4-10(3-8)13(14)15/h2-4,7H,5-6,12H2,1H3. The molecule has 0 aliphatic carbocycles. The second-order valence-corrected chi connectivity index (χ2v) is 6.22. The van der Waals surface area contributed by atoms with E-state index in [0.29, 0.717) is 0 Å². The Balaban J connectivity index is 3.01. The third-order valence-electron chi connectivity index (χ3n) is 2.06. The highest BCUT2D eigenvalue weighted by Gasteiger charge is 2.17. The molecule has 0 bridgehead atoms. The van der Waals surface area contributed by atoms with Gasteiger partial charge < -0.3 is 5.73 Å². The summed E-state index contributed by atoms with van der Waals surface area (Å²) < 4.78 is 36.4. The molecule has 2 N–H and O–H groups in total. The molecule has 0 spiro atoms. The molecule has 1 unspecified atom stereocenters. The summed E-state index contributed by atoms with van der Waals surface area (Å²) in [5.74, 6) is -1.56. The largest absolute Gasteiger partial charge is 0.327 e. The van der Waals surface area contributed by atoms with Gasteiger partial charge in [-0.15, -0.1) is 0 Å². The van der Waals surface area contributed by atoms with Crippen LogP contribution in [0.3, 0.4) is 0 Å². The van der Waals surface area contributed by atoms with Gasteiger partial charge >= 0.3 is 0 Å². The smallest absolute Gasteiger partial charge is 0.272 e. The molecule has 6 nitrogen and oxygen atoms in total. The highest BCUT2D eigenvalue weighted by atomic mass is 32.2. The first-order valence-electron chi connectivity index (χ1n) is 5.09. The SMILES string of the molecule is CC(N)CS(=O)(=O)Cc1cc(F)cc([N+](=O)[O-])c1. The van der Waals surface area contributed by atoms with Gasteiger partial charge in [-0.1, -0.05) is 0 Å². The second kappa shape index (κ2) is 5.40. The zero-order valence-electron chi connectivity index (χ0n) is 9.67. The Hall–Kier alpha value is -1.54. The van der Waals surface area contributed by atoms with Crippen LogP contribution in [0.15, 0.2) is 18.2 Å². The predicted octanol–water partition coefficient (Wildman–Crippen LogP) is 0.996.